The lowest BCUT2D eigenvalue weighted by Crippen LogP contribution is -2.50. The number of nitrogens with zero attached hydrogens (tertiary/aromatic N) is 2. The molecule has 0 aromatic heterocycles. The minimum Gasteiger partial charge on any atom is -0.506 e. The van der Waals surface area contributed by atoms with Crippen LogP contribution in [0.1, 0.15) is 25.5 Å². The molecule has 0 bridgehead atoms. The van der Waals surface area contributed by atoms with E-state index in [0.717, 1.165) is 48.9 Å². The quantitative estimate of drug-likeness (QED) is 0.742. The molecule has 166 valence electrons. The maximum Gasteiger partial charge on any atom is 0.234 e. The normalized spacial score (nSPS) is 17.5. The van der Waals surface area contributed by atoms with Crippen molar-refractivity contribution in [3.8, 4) is 17.2 Å². The number of aromatic hydroxyl groups is 1. The molecule has 1 amide bonds. The van der Waals surface area contributed by atoms with E-state index in [4.69, 9.17) is 9.47 Å². The second kappa shape index (κ2) is 9.47. The van der Waals surface area contributed by atoms with Crippen LogP contribution in [0, 0.1) is 5.92 Å². The predicted molar refractivity (Wildman–Crippen MR) is 120 cm³/mol. The molecular weight excluding hydrogens is 394 g/mol. The van der Waals surface area contributed by atoms with E-state index in [1.165, 1.54) is 0 Å². The summed E-state index contributed by atoms with van der Waals surface area (Å²) in [6, 6.07) is 13.2. The lowest BCUT2D eigenvalue weighted by molar-refractivity contribution is -0.123. The number of fused-ring (bicyclic) bond motifs is 1. The zero-order chi connectivity index (χ0) is 21.8. The van der Waals surface area contributed by atoms with E-state index in [1.54, 1.807) is 6.07 Å². The number of anilines is 1. The number of hydrogen-bond donors (Lipinski definition) is 2. The van der Waals surface area contributed by atoms with Crippen molar-refractivity contribution in [3.05, 3.63) is 48.0 Å². The van der Waals surface area contributed by atoms with Crippen LogP contribution >= 0.6 is 0 Å². The minimum absolute atomic E-state index is 0.0181. The summed E-state index contributed by atoms with van der Waals surface area (Å²) in [5, 5.41) is 13.3. The van der Waals surface area contributed by atoms with E-state index in [9.17, 15) is 9.90 Å². The number of para-hydroxylation sites is 2. The summed E-state index contributed by atoms with van der Waals surface area (Å²) in [7, 11) is 0. The number of amides is 1. The van der Waals surface area contributed by atoms with Crippen molar-refractivity contribution in [2.75, 3.05) is 50.8 Å². The Morgan fingerprint density at radius 2 is 1.74 bits per heavy atom. The molecule has 4 rings (SSSR count). The summed E-state index contributed by atoms with van der Waals surface area (Å²) < 4.78 is 11.3. The van der Waals surface area contributed by atoms with Gasteiger partial charge in [0, 0.05) is 26.2 Å². The molecule has 2 aliphatic rings. The first-order valence-corrected chi connectivity index (χ1v) is 11.0. The fraction of sp³-hybridized carbons (Fsp3) is 0.458. The summed E-state index contributed by atoms with van der Waals surface area (Å²) in [5.74, 6) is 2.05. The van der Waals surface area contributed by atoms with Gasteiger partial charge in [0.25, 0.3) is 0 Å². The Bertz CT molecular complexity index is 909. The third kappa shape index (κ3) is 5.05. The Morgan fingerprint density at radius 3 is 2.45 bits per heavy atom. The Labute approximate surface area is 183 Å². The van der Waals surface area contributed by atoms with Crippen LogP contribution < -0.4 is 19.7 Å². The predicted octanol–water partition coefficient (Wildman–Crippen LogP) is 2.80. The van der Waals surface area contributed by atoms with Crippen LogP contribution in [-0.4, -0.2) is 61.9 Å². The van der Waals surface area contributed by atoms with Gasteiger partial charge in [-0.1, -0.05) is 32.0 Å². The second-order valence-corrected chi connectivity index (χ2v) is 8.44. The number of nitrogens with one attached hydrogen (secondary N) is 1. The van der Waals surface area contributed by atoms with Crippen molar-refractivity contribution in [3.63, 3.8) is 0 Å². The molecule has 1 atom stereocenters. The second-order valence-electron chi connectivity index (χ2n) is 8.44. The van der Waals surface area contributed by atoms with E-state index in [0.29, 0.717) is 25.5 Å². The van der Waals surface area contributed by atoms with Crippen molar-refractivity contribution in [1.82, 2.24) is 10.2 Å². The van der Waals surface area contributed by atoms with E-state index >= 15 is 0 Å². The number of carbonyl (C=O) groups is 1. The first kappa shape index (κ1) is 21.3. The molecule has 0 saturated carbocycles. The smallest absolute Gasteiger partial charge is 0.234 e. The van der Waals surface area contributed by atoms with Gasteiger partial charge in [-0.25, -0.2) is 0 Å². The zero-order valence-corrected chi connectivity index (χ0v) is 18.2. The molecule has 7 heteroatoms. The van der Waals surface area contributed by atoms with Crippen LogP contribution in [-0.2, 0) is 4.79 Å². The van der Waals surface area contributed by atoms with Crippen LogP contribution in [0.4, 0.5) is 5.69 Å². The van der Waals surface area contributed by atoms with Crippen molar-refractivity contribution in [2.45, 2.75) is 19.9 Å². The maximum atomic E-state index is 12.8. The van der Waals surface area contributed by atoms with E-state index in [2.05, 4.69) is 29.0 Å². The number of rotatable bonds is 6. The largest absolute Gasteiger partial charge is 0.506 e. The van der Waals surface area contributed by atoms with Crippen LogP contribution in [0.5, 0.6) is 17.2 Å². The van der Waals surface area contributed by atoms with Gasteiger partial charge < -0.3 is 24.8 Å². The van der Waals surface area contributed by atoms with Gasteiger partial charge in [-0.3, -0.25) is 9.69 Å². The number of ether oxygens (including phenoxy) is 2. The maximum absolute atomic E-state index is 12.8. The first-order chi connectivity index (χ1) is 15.0. The van der Waals surface area contributed by atoms with Crippen molar-refractivity contribution >= 4 is 11.6 Å². The Hall–Kier alpha value is -2.93. The van der Waals surface area contributed by atoms with E-state index in [1.807, 2.05) is 36.4 Å². The molecule has 0 spiro atoms. The summed E-state index contributed by atoms with van der Waals surface area (Å²) >= 11 is 0. The van der Waals surface area contributed by atoms with Crippen LogP contribution in [0.25, 0.3) is 0 Å². The molecule has 2 heterocycles. The average molecular weight is 426 g/mol. The van der Waals surface area contributed by atoms with Gasteiger partial charge in [0.2, 0.25) is 5.91 Å². The molecule has 0 radical (unpaired) electrons. The van der Waals surface area contributed by atoms with E-state index in [-0.39, 0.29) is 17.9 Å². The Morgan fingerprint density at radius 1 is 1.03 bits per heavy atom. The van der Waals surface area contributed by atoms with Gasteiger partial charge in [0.05, 0.1) is 18.3 Å². The molecule has 0 aliphatic carbocycles. The molecule has 31 heavy (non-hydrogen) atoms. The standard InChI is InChI=1S/C24H31N3O4/c1-17(2)24(18-7-8-21-22(15-18)31-14-13-30-21)25-23(29)16-26-9-11-27(12-10-26)19-5-3-4-6-20(19)28/h3-8,15,17,24,28H,9-14,16H2,1-2H3,(H,25,29)/t24-/m0/s1. The first-order valence-electron chi connectivity index (χ1n) is 11.0. The number of hydrogen-bond acceptors (Lipinski definition) is 6. The molecule has 2 aliphatic heterocycles. The number of piperazine rings is 1. The summed E-state index contributed by atoms with van der Waals surface area (Å²) in [4.78, 5) is 17.2. The summed E-state index contributed by atoms with van der Waals surface area (Å²) in [6.45, 7) is 8.79. The van der Waals surface area contributed by atoms with Crippen molar-refractivity contribution in [2.24, 2.45) is 5.92 Å². The number of benzene rings is 2. The minimum atomic E-state index is -0.0918. The third-order valence-corrected chi connectivity index (χ3v) is 5.87. The van der Waals surface area contributed by atoms with Crippen molar-refractivity contribution in [1.29, 1.82) is 0 Å². The number of phenols is 1. The van der Waals surface area contributed by atoms with Gasteiger partial charge >= 0.3 is 0 Å². The zero-order valence-electron chi connectivity index (χ0n) is 18.2. The average Bonchev–Trinajstić information content (AvgIpc) is 2.78. The van der Waals surface area contributed by atoms with Crippen molar-refractivity contribution < 1.29 is 19.4 Å². The highest BCUT2D eigenvalue weighted by atomic mass is 16.6. The van der Waals surface area contributed by atoms with Crippen LogP contribution in [0.15, 0.2) is 42.5 Å². The van der Waals surface area contributed by atoms with Gasteiger partial charge in [0.15, 0.2) is 11.5 Å². The van der Waals surface area contributed by atoms with Crippen LogP contribution in [0.2, 0.25) is 0 Å². The highest BCUT2D eigenvalue weighted by Crippen LogP contribution is 2.34. The lowest BCUT2D eigenvalue weighted by atomic mass is 9.95. The molecule has 0 unspecified atom stereocenters. The Balaban J connectivity index is 1.33. The SMILES string of the molecule is CC(C)[C@H](NC(=O)CN1CCN(c2ccccc2O)CC1)c1ccc2c(c1)OCCO2. The molecule has 1 fully saturated rings. The summed E-state index contributed by atoms with van der Waals surface area (Å²) in [5.41, 5.74) is 1.88. The number of phenolic OH excluding ortho intramolecular Hbond substituents is 1. The van der Waals surface area contributed by atoms with Gasteiger partial charge in [-0.15, -0.1) is 0 Å². The third-order valence-electron chi connectivity index (χ3n) is 5.87. The fourth-order valence-corrected chi connectivity index (χ4v) is 4.19. The molecule has 2 N–H and O–H groups in total. The van der Waals surface area contributed by atoms with Gasteiger partial charge in [-0.2, -0.15) is 0 Å². The highest BCUT2D eigenvalue weighted by molar-refractivity contribution is 5.78. The molecular formula is C24H31N3O4. The van der Waals surface area contributed by atoms with E-state index < -0.39 is 0 Å². The molecule has 2 aromatic carbocycles. The van der Waals surface area contributed by atoms with Gasteiger partial charge in [-0.05, 0) is 35.7 Å². The van der Waals surface area contributed by atoms with Crippen LogP contribution in [0.3, 0.4) is 0 Å². The molecule has 7 nitrogen and oxygen atoms in total. The van der Waals surface area contributed by atoms with Gasteiger partial charge in [0.1, 0.15) is 19.0 Å². The molecule has 1 saturated heterocycles. The highest BCUT2D eigenvalue weighted by Gasteiger charge is 2.24. The topological polar surface area (TPSA) is 74.3 Å². The lowest BCUT2D eigenvalue weighted by Gasteiger charge is -2.36. The fourth-order valence-electron chi connectivity index (χ4n) is 4.19. The molecule has 2 aromatic rings. The monoisotopic (exact) mass is 425 g/mol. The Kier molecular flexibility index (Phi) is 6.51. The number of carbonyl (C=O) groups excluding carboxylic acids is 1. The summed E-state index contributed by atoms with van der Waals surface area (Å²) in [6.07, 6.45) is 0.